The van der Waals surface area contributed by atoms with Crippen LogP contribution in [0.25, 0.3) is 0 Å². The lowest BCUT2D eigenvalue weighted by atomic mass is 9.93. The molecule has 0 aliphatic rings. The van der Waals surface area contributed by atoms with Crippen LogP contribution in [0.3, 0.4) is 0 Å². The highest BCUT2D eigenvalue weighted by molar-refractivity contribution is 5.38. The third kappa shape index (κ3) is 3.24. The first-order chi connectivity index (χ1) is 9.26. The van der Waals surface area contributed by atoms with Gasteiger partial charge in [-0.15, -0.1) is 0 Å². The van der Waals surface area contributed by atoms with Crippen molar-refractivity contribution in [3.8, 4) is 0 Å². The minimum absolute atomic E-state index is 0.0215. The fourth-order valence-corrected chi connectivity index (χ4v) is 2.52. The van der Waals surface area contributed by atoms with E-state index in [-0.39, 0.29) is 6.04 Å². The molecule has 0 saturated heterocycles. The summed E-state index contributed by atoms with van der Waals surface area (Å²) in [5.41, 5.74) is 11.6. The van der Waals surface area contributed by atoms with Crippen molar-refractivity contribution < 1.29 is 0 Å². The van der Waals surface area contributed by atoms with Crippen molar-refractivity contribution in [3.63, 3.8) is 0 Å². The summed E-state index contributed by atoms with van der Waals surface area (Å²) < 4.78 is 0. The van der Waals surface area contributed by atoms with Gasteiger partial charge in [0.05, 0.1) is 6.04 Å². The van der Waals surface area contributed by atoms with Crippen LogP contribution >= 0.6 is 0 Å². The van der Waals surface area contributed by atoms with Gasteiger partial charge in [0.2, 0.25) is 0 Å². The van der Waals surface area contributed by atoms with Crippen LogP contribution in [0.5, 0.6) is 0 Å². The second kappa shape index (κ2) is 6.53. The first-order valence-electron chi connectivity index (χ1n) is 7.18. The van der Waals surface area contributed by atoms with E-state index in [0.29, 0.717) is 0 Å². The molecule has 0 heterocycles. The average molecular weight is 253 g/mol. The summed E-state index contributed by atoms with van der Waals surface area (Å²) in [5, 5.41) is 0. The Kier molecular flexibility index (Phi) is 4.75. The van der Waals surface area contributed by atoms with Gasteiger partial charge in [0.15, 0.2) is 0 Å². The molecule has 0 amide bonds. The number of hydrogen-bond donors (Lipinski definition) is 1. The predicted octanol–water partition coefficient (Wildman–Crippen LogP) is 4.25. The molecule has 2 rings (SSSR count). The third-order valence-electron chi connectivity index (χ3n) is 3.65. The van der Waals surface area contributed by atoms with Crippen LogP contribution in [0.1, 0.15) is 48.6 Å². The number of hydrogen-bond acceptors (Lipinski definition) is 1. The number of nitrogens with two attached hydrogens (primary N) is 1. The quantitative estimate of drug-likeness (QED) is 0.847. The highest BCUT2D eigenvalue weighted by atomic mass is 14.6. The van der Waals surface area contributed by atoms with Gasteiger partial charge < -0.3 is 5.73 Å². The van der Waals surface area contributed by atoms with E-state index in [1.54, 1.807) is 0 Å². The van der Waals surface area contributed by atoms with Crippen molar-refractivity contribution in [2.75, 3.05) is 0 Å². The molecule has 1 unspecified atom stereocenters. The number of aryl methyl sites for hydroxylation is 2. The molecular formula is C18H23N. The summed E-state index contributed by atoms with van der Waals surface area (Å²) in [5.74, 6) is 0. The zero-order valence-electron chi connectivity index (χ0n) is 11.9. The van der Waals surface area contributed by atoms with Crippen LogP contribution in [-0.4, -0.2) is 0 Å². The molecule has 0 radical (unpaired) electrons. The molecule has 2 aromatic rings. The largest absolute Gasteiger partial charge is 0.320 e. The SMILES string of the molecule is CCCc1ccc(C(N)c2ccccc2CC)cc1. The van der Waals surface area contributed by atoms with Crippen molar-refractivity contribution in [3.05, 3.63) is 70.8 Å². The maximum Gasteiger partial charge on any atom is 0.0554 e. The first-order valence-corrected chi connectivity index (χ1v) is 7.18. The van der Waals surface area contributed by atoms with Crippen molar-refractivity contribution in [2.24, 2.45) is 5.73 Å². The van der Waals surface area contributed by atoms with E-state index in [1.165, 1.54) is 28.7 Å². The second-order valence-corrected chi connectivity index (χ2v) is 5.02. The summed E-state index contributed by atoms with van der Waals surface area (Å²) in [6.07, 6.45) is 3.35. The standard InChI is InChI=1S/C18H23N/c1-3-7-14-10-12-16(13-11-14)18(19)17-9-6-5-8-15(17)4-2/h5-6,8-13,18H,3-4,7,19H2,1-2H3. The van der Waals surface area contributed by atoms with Crippen LogP contribution in [0.4, 0.5) is 0 Å². The number of rotatable bonds is 5. The molecule has 2 aromatic carbocycles. The molecule has 0 fully saturated rings. The molecular weight excluding hydrogens is 230 g/mol. The van der Waals surface area contributed by atoms with E-state index in [9.17, 15) is 0 Å². The van der Waals surface area contributed by atoms with Crippen molar-refractivity contribution >= 4 is 0 Å². The van der Waals surface area contributed by atoms with Gasteiger partial charge in [0, 0.05) is 0 Å². The lowest BCUT2D eigenvalue weighted by molar-refractivity contribution is 0.846. The molecule has 19 heavy (non-hydrogen) atoms. The predicted molar refractivity (Wildman–Crippen MR) is 82.3 cm³/mol. The Morgan fingerprint density at radius 1 is 0.947 bits per heavy atom. The highest BCUT2D eigenvalue weighted by Crippen LogP contribution is 2.23. The van der Waals surface area contributed by atoms with Crippen molar-refractivity contribution in [1.82, 2.24) is 0 Å². The molecule has 100 valence electrons. The first kappa shape index (κ1) is 13.8. The van der Waals surface area contributed by atoms with Crippen LogP contribution < -0.4 is 5.73 Å². The van der Waals surface area contributed by atoms with E-state index in [4.69, 9.17) is 5.73 Å². The van der Waals surface area contributed by atoms with Crippen molar-refractivity contribution in [1.29, 1.82) is 0 Å². The Bertz CT molecular complexity index is 513. The molecule has 0 bridgehead atoms. The van der Waals surface area contributed by atoms with Gasteiger partial charge in [0.1, 0.15) is 0 Å². The molecule has 1 atom stereocenters. The lowest BCUT2D eigenvalue weighted by Crippen LogP contribution is -2.13. The summed E-state index contributed by atoms with van der Waals surface area (Å²) in [6, 6.07) is 17.2. The van der Waals surface area contributed by atoms with E-state index in [0.717, 1.165) is 12.8 Å². The van der Waals surface area contributed by atoms with Crippen LogP contribution in [0, 0.1) is 0 Å². The van der Waals surface area contributed by atoms with E-state index in [2.05, 4.69) is 62.4 Å². The Balaban J connectivity index is 2.25. The molecule has 0 spiro atoms. The van der Waals surface area contributed by atoms with Crippen LogP contribution in [-0.2, 0) is 12.8 Å². The lowest BCUT2D eigenvalue weighted by Gasteiger charge is -2.16. The monoisotopic (exact) mass is 253 g/mol. The molecule has 0 aliphatic heterocycles. The molecule has 2 N–H and O–H groups in total. The van der Waals surface area contributed by atoms with Crippen molar-refractivity contribution in [2.45, 2.75) is 39.2 Å². The van der Waals surface area contributed by atoms with Gasteiger partial charge in [0.25, 0.3) is 0 Å². The molecule has 0 saturated carbocycles. The van der Waals surface area contributed by atoms with E-state index in [1.807, 2.05) is 0 Å². The summed E-state index contributed by atoms with van der Waals surface area (Å²) in [7, 11) is 0. The normalized spacial score (nSPS) is 12.4. The smallest absolute Gasteiger partial charge is 0.0554 e. The average Bonchev–Trinajstić information content (AvgIpc) is 2.47. The van der Waals surface area contributed by atoms with Gasteiger partial charge in [-0.1, -0.05) is 68.8 Å². The summed E-state index contributed by atoms with van der Waals surface area (Å²) in [4.78, 5) is 0. The minimum Gasteiger partial charge on any atom is -0.320 e. The number of benzene rings is 2. The fraction of sp³-hybridized carbons (Fsp3) is 0.333. The second-order valence-electron chi connectivity index (χ2n) is 5.02. The van der Waals surface area contributed by atoms with Gasteiger partial charge in [-0.05, 0) is 35.1 Å². The maximum atomic E-state index is 6.42. The van der Waals surface area contributed by atoms with Gasteiger partial charge in [-0.25, -0.2) is 0 Å². The Labute approximate surface area is 116 Å². The molecule has 1 heteroatoms. The minimum atomic E-state index is -0.0215. The van der Waals surface area contributed by atoms with E-state index < -0.39 is 0 Å². The van der Waals surface area contributed by atoms with Crippen LogP contribution in [0.15, 0.2) is 48.5 Å². The zero-order chi connectivity index (χ0) is 13.7. The Hall–Kier alpha value is -1.60. The highest BCUT2D eigenvalue weighted by Gasteiger charge is 2.11. The maximum absolute atomic E-state index is 6.42. The fourth-order valence-electron chi connectivity index (χ4n) is 2.52. The Morgan fingerprint density at radius 3 is 2.26 bits per heavy atom. The van der Waals surface area contributed by atoms with E-state index >= 15 is 0 Å². The van der Waals surface area contributed by atoms with Gasteiger partial charge >= 0.3 is 0 Å². The summed E-state index contributed by atoms with van der Waals surface area (Å²) in [6.45, 7) is 4.38. The Morgan fingerprint density at radius 2 is 1.63 bits per heavy atom. The molecule has 0 aromatic heterocycles. The molecule has 0 aliphatic carbocycles. The van der Waals surface area contributed by atoms with Crippen LogP contribution in [0.2, 0.25) is 0 Å². The molecule has 1 nitrogen and oxygen atoms in total. The summed E-state index contributed by atoms with van der Waals surface area (Å²) >= 11 is 0. The topological polar surface area (TPSA) is 26.0 Å². The third-order valence-corrected chi connectivity index (χ3v) is 3.65. The zero-order valence-corrected chi connectivity index (χ0v) is 11.9. The van der Waals surface area contributed by atoms with Gasteiger partial charge in [-0.3, -0.25) is 0 Å². The van der Waals surface area contributed by atoms with Gasteiger partial charge in [-0.2, -0.15) is 0 Å².